The summed E-state index contributed by atoms with van der Waals surface area (Å²) in [5.74, 6) is 0.367. The topological polar surface area (TPSA) is 12.9 Å². The minimum Gasteiger partial charge on any atom is -0.235 e. The number of benzene rings is 1. The summed E-state index contributed by atoms with van der Waals surface area (Å²) < 4.78 is 1.90. The van der Waals surface area contributed by atoms with Crippen molar-refractivity contribution in [3.8, 4) is 0 Å². The molecule has 5 heteroatoms. The third-order valence-corrected chi connectivity index (χ3v) is 3.68. The van der Waals surface area contributed by atoms with Gasteiger partial charge in [-0.1, -0.05) is 27.5 Å². The van der Waals surface area contributed by atoms with Gasteiger partial charge in [0.25, 0.3) is 0 Å². The molecule has 0 saturated carbocycles. The maximum Gasteiger partial charge on any atom is 0.134 e. The largest absolute Gasteiger partial charge is 0.235 e. The van der Waals surface area contributed by atoms with E-state index in [1.165, 1.54) is 0 Å². The van der Waals surface area contributed by atoms with Gasteiger partial charge >= 0.3 is 0 Å². The molecule has 15 heavy (non-hydrogen) atoms. The first-order valence-corrected chi connectivity index (χ1v) is 6.62. The predicted octanol–water partition coefficient (Wildman–Crippen LogP) is 5.15. The second kappa shape index (κ2) is 4.58. The van der Waals surface area contributed by atoms with Gasteiger partial charge in [-0.2, -0.15) is 0 Å². The lowest BCUT2D eigenvalue weighted by Crippen LogP contribution is -1.88. The van der Waals surface area contributed by atoms with Crippen LogP contribution >= 0.6 is 55.1 Å². The molecule has 1 nitrogen and oxygen atoms in total. The summed E-state index contributed by atoms with van der Waals surface area (Å²) >= 11 is 18.6. The smallest absolute Gasteiger partial charge is 0.134 e. The van der Waals surface area contributed by atoms with Crippen molar-refractivity contribution < 1.29 is 0 Å². The van der Waals surface area contributed by atoms with Crippen molar-refractivity contribution in [1.82, 2.24) is 4.98 Å². The van der Waals surface area contributed by atoms with Gasteiger partial charge in [-0.3, -0.25) is 0 Å². The number of alkyl halides is 1. The Kier molecular flexibility index (Phi) is 3.56. The second-order valence-electron chi connectivity index (χ2n) is 3.03. The van der Waals surface area contributed by atoms with Crippen LogP contribution in [0.3, 0.4) is 0 Å². The van der Waals surface area contributed by atoms with E-state index in [1.807, 2.05) is 18.2 Å². The molecule has 1 aromatic carbocycles. The molecule has 0 spiro atoms. The molecular formula is C10H5Br2Cl2N. The van der Waals surface area contributed by atoms with Gasteiger partial charge in [-0.15, -0.1) is 11.6 Å². The molecule has 1 aromatic heterocycles. The summed E-state index contributed by atoms with van der Waals surface area (Å²) in [5.41, 5.74) is 1.69. The number of halogens is 4. The SMILES string of the molecule is ClCc1cc2cc(Br)cc(Br)c2nc1Cl. The molecule has 0 saturated heterocycles. The number of rotatable bonds is 1. The van der Waals surface area contributed by atoms with Gasteiger partial charge in [0.05, 0.1) is 11.4 Å². The van der Waals surface area contributed by atoms with Crippen LogP contribution in [0.25, 0.3) is 10.9 Å². The first-order valence-electron chi connectivity index (χ1n) is 4.12. The summed E-state index contributed by atoms with van der Waals surface area (Å²) in [7, 11) is 0. The van der Waals surface area contributed by atoms with Crippen LogP contribution in [0.1, 0.15) is 5.56 Å². The maximum absolute atomic E-state index is 5.99. The van der Waals surface area contributed by atoms with Crippen molar-refractivity contribution in [2.75, 3.05) is 0 Å². The number of hydrogen-bond donors (Lipinski definition) is 0. The highest BCUT2D eigenvalue weighted by Crippen LogP contribution is 2.30. The third kappa shape index (κ3) is 2.31. The Morgan fingerprint density at radius 3 is 2.60 bits per heavy atom. The summed E-state index contributed by atoms with van der Waals surface area (Å²) in [4.78, 5) is 4.30. The van der Waals surface area contributed by atoms with Crippen LogP contribution in [0.4, 0.5) is 0 Å². The lowest BCUT2D eigenvalue weighted by molar-refractivity contribution is 1.30. The molecule has 1 heterocycles. The molecule has 2 aromatic rings. The van der Waals surface area contributed by atoms with Gasteiger partial charge in [0.1, 0.15) is 5.15 Å². The number of fused-ring (bicyclic) bond motifs is 1. The van der Waals surface area contributed by atoms with Crippen LogP contribution in [0, 0.1) is 0 Å². The monoisotopic (exact) mass is 367 g/mol. The van der Waals surface area contributed by atoms with Crippen molar-refractivity contribution in [1.29, 1.82) is 0 Å². The van der Waals surface area contributed by atoms with Gasteiger partial charge in [0, 0.05) is 19.9 Å². The normalized spacial score (nSPS) is 10.9. The molecule has 0 bridgehead atoms. The number of aromatic nitrogens is 1. The Hall–Kier alpha value is 0.170. The summed E-state index contributed by atoms with van der Waals surface area (Å²) in [5, 5.41) is 1.47. The predicted molar refractivity (Wildman–Crippen MR) is 71.7 cm³/mol. The van der Waals surface area contributed by atoms with Crippen molar-refractivity contribution in [3.63, 3.8) is 0 Å². The van der Waals surface area contributed by atoms with Crippen molar-refractivity contribution in [2.45, 2.75) is 5.88 Å². The average Bonchev–Trinajstić information content (AvgIpc) is 2.18. The highest BCUT2D eigenvalue weighted by molar-refractivity contribution is 9.11. The van der Waals surface area contributed by atoms with Crippen LogP contribution in [0.5, 0.6) is 0 Å². The van der Waals surface area contributed by atoms with E-state index in [4.69, 9.17) is 23.2 Å². The molecule has 0 atom stereocenters. The van der Waals surface area contributed by atoms with Gasteiger partial charge in [0.15, 0.2) is 0 Å². The summed E-state index contributed by atoms with van der Waals surface area (Å²) in [6.07, 6.45) is 0. The molecule has 0 N–H and O–H groups in total. The average molecular weight is 370 g/mol. The lowest BCUT2D eigenvalue weighted by atomic mass is 10.2. The molecule has 0 radical (unpaired) electrons. The summed E-state index contributed by atoms with van der Waals surface area (Å²) in [6.45, 7) is 0. The van der Waals surface area contributed by atoms with Crippen LogP contribution in [0.2, 0.25) is 5.15 Å². The first-order chi connectivity index (χ1) is 7.11. The fourth-order valence-corrected chi connectivity index (χ4v) is 3.15. The van der Waals surface area contributed by atoms with Crippen LogP contribution in [-0.2, 0) is 5.88 Å². The van der Waals surface area contributed by atoms with Gasteiger partial charge in [0.2, 0.25) is 0 Å². The van der Waals surface area contributed by atoms with E-state index in [9.17, 15) is 0 Å². The molecule has 0 unspecified atom stereocenters. The molecule has 78 valence electrons. The first kappa shape index (κ1) is 11.6. The Morgan fingerprint density at radius 1 is 1.20 bits per heavy atom. The molecule has 0 aliphatic rings. The van der Waals surface area contributed by atoms with E-state index < -0.39 is 0 Å². The summed E-state index contributed by atoms with van der Waals surface area (Å²) in [6, 6.07) is 5.87. The molecule has 0 aliphatic heterocycles. The molecule has 0 fully saturated rings. The zero-order valence-electron chi connectivity index (χ0n) is 7.40. The zero-order chi connectivity index (χ0) is 11.0. The van der Waals surface area contributed by atoms with Crippen LogP contribution < -0.4 is 0 Å². The molecular weight excluding hydrogens is 365 g/mol. The standard InChI is InChI=1S/C10H5Br2Cl2N/c11-7-2-5-1-6(4-13)10(14)15-9(5)8(12)3-7/h1-3H,4H2. The van der Waals surface area contributed by atoms with Gasteiger partial charge < -0.3 is 0 Å². The van der Waals surface area contributed by atoms with Crippen LogP contribution in [0.15, 0.2) is 27.1 Å². The van der Waals surface area contributed by atoms with Gasteiger partial charge in [-0.05, 0) is 34.1 Å². The number of hydrogen-bond acceptors (Lipinski definition) is 1. The van der Waals surface area contributed by atoms with E-state index in [0.29, 0.717) is 11.0 Å². The Morgan fingerprint density at radius 2 is 1.93 bits per heavy atom. The number of nitrogens with zero attached hydrogens (tertiary/aromatic N) is 1. The highest BCUT2D eigenvalue weighted by atomic mass is 79.9. The van der Waals surface area contributed by atoms with E-state index in [0.717, 1.165) is 25.4 Å². The maximum atomic E-state index is 5.99. The minimum atomic E-state index is 0.367. The van der Waals surface area contributed by atoms with Crippen molar-refractivity contribution >= 4 is 66.0 Å². The molecule has 2 rings (SSSR count). The van der Waals surface area contributed by atoms with E-state index in [-0.39, 0.29) is 0 Å². The van der Waals surface area contributed by atoms with Crippen LogP contribution in [-0.4, -0.2) is 4.98 Å². The van der Waals surface area contributed by atoms with Gasteiger partial charge in [-0.25, -0.2) is 4.98 Å². The lowest BCUT2D eigenvalue weighted by Gasteiger charge is -2.05. The van der Waals surface area contributed by atoms with Crippen molar-refractivity contribution in [3.05, 3.63) is 37.9 Å². The van der Waals surface area contributed by atoms with E-state index in [2.05, 4.69) is 36.8 Å². The van der Waals surface area contributed by atoms with E-state index >= 15 is 0 Å². The van der Waals surface area contributed by atoms with E-state index in [1.54, 1.807) is 0 Å². The Bertz CT molecular complexity index is 528. The van der Waals surface area contributed by atoms with Crippen molar-refractivity contribution in [2.24, 2.45) is 0 Å². The number of pyridine rings is 1. The highest BCUT2D eigenvalue weighted by Gasteiger charge is 2.07. The molecule has 0 aliphatic carbocycles. The second-order valence-corrected chi connectivity index (χ2v) is 5.43. The quantitative estimate of drug-likeness (QED) is 0.500. The fourth-order valence-electron chi connectivity index (χ4n) is 1.32. The Labute approximate surface area is 114 Å². The zero-order valence-corrected chi connectivity index (χ0v) is 12.1. The Balaban J connectivity index is 2.81. The molecule has 0 amide bonds. The fraction of sp³-hybridized carbons (Fsp3) is 0.100. The minimum absolute atomic E-state index is 0.367. The third-order valence-electron chi connectivity index (χ3n) is 2.01.